The molecule has 0 unspecified atom stereocenters. The summed E-state index contributed by atoms with van der Waals surface area (Å²) in [6, 6.07) is 19.0. The lowest BCUT2D eigenvalue weighted by Gasteiger charge is -2.21. The molecule has 1 atom stereocenters. The van der Waals surface area contributed by atoms with Crippen LogP contribution in [0.3, 0.4) is 0 Å². The van der Waals surface area contributed by atoms with E-state index in [1.54, 1.807) is 24.3 Å². The molecule has 3 aromatic carbocycles. The first-order valence-electron chi connectivity index (χ1n) is 10.2. The van der Waals surface area contributed by atoms with Crippen molar-refractivity contribution in [3.63, 3.8) is 0 Å². The van der Waals surface area contributed by atoms with E-state index in [0.717, 1.165) is 27.8 Å². The molecule has 1 amide bonds. The Kier molecular flexibility index (Phi) is 6.93. The minimum Gasteiger partial charge on any atom is -0.324 e. The lowest BCUT2D eigenvalue weighted by atomic mass is 10.0. The molecule has 162 valence electrons. The first kappa shape index (κ1) is 22.7. The third-order valence-electron chi connectivity index (χ3n) is 5.15. The number of amides is 1. The molecule has 3 rings (SSSR count). The molecule has 0 saturated heterocycles. The van der Waals surface area contributed by atoms with Crippen molar-refractivity contribution in [1.82, 2.24) is 4.72 Å². The van der Waals surface area contributed by atoms with E-state index in [0.29, 0.717) is 5.69 Å². The summed E-state index contributed by atoms with van der Waals surface area (Å²) in [5.74, 6) is -0.394. The molecule has 0 saturated carbocycles. The van der Waals surface area contributed by atoms with Gasteiger partial charge in [0, 0.05) is 5.69 Å². The summed E-state index contributed by atoms with van der Waals surface area (Å²) in [5.41, 5.74) is 5.52. The number of aryl methyl sites for hydroxylation is 4. The summed E-state index contributed by atoms with van der Waals surface area (Å²) in [6.07, 6.45) is 0.238. The molecule has 3 aromatic rings. The number of benzene rings is 3. The highest BCUT2D eigenvalue weighted by molar-refractivity contribution is 7.89. The fraction of sp³-hybridized carbons (Fsp3) is 0.240. The molecular weight excluding hydrogens is 408 g/mol. The largest absolute Gasteiger partial charge is 0.324 e. The monoisotopic (exact) mass is 436 g/mol. The standard InChI is InChI=1S/C25H28N2O3S/c1-17-10-12-22(13-11-17)31(29,30)27-23(16-21-8-6-5-7-9-21)25(28)26-24-19(3)14-18(2)15-20(24)4/h5-15,23,27H,16H2,1-4H3,(H,26,28)/t23-/m1/s1. The predicted octanol–water partition coefficient (Wildman–Crippen LogP) is 4.45. The van der Waals surface area contributed by atoms with Crippen LogP contribution < -0.4 is 10.0 Å². The topological polar surface area (TPSA) is 75.3 Å². The van der Waals surface area contributed by atoms with Gasteiger partial charge >= 0.3 is 0 Å². The fourth-order valence-electron chi connectivity index (χ4n) is 3.60. The Morgan fingerprint density at radius 3 is 2.00 bits per heavy atom. The zero-order valence-electron chi connectivity index (χ0n) is 18.3. The van der Waals surface area contributed by atoms with E-state index < -0.39 is 22.0 Å². The van der Waals surface area contributed by atoms with Crippen LogP contribution in [0.1, 0.15) is 27.8 Å². The van der Waals surface area contributed by atoms with Gasteiger partial charge in [-0.25, -0.2) is 8.42 Å². The SMILES string of the molecule is Cc1ccc(S(=O)(=O)N[C@H](Cc2ccccc2)C(=O)Nc2c(C)cc(C)cc2C)cc1. The van der Waals surface area contributed by atoms with E-state index in [1.807, 2.05) is 70.2 Å². The van der Waals surface area contributed by atoms with Gasteiger partial charge in [0.25, 0.3) is 0 Å². The number of carbonyl (C=O) groups excluding carboxylic acids is 1. The minimum atomic E-state index is -3.87. The second kappa shape index (κ2) is 9.45. The highest BCUT2D eigenvalue weighted by atomic mass is 32.2. The first-order chi connectivity index (χ1) is 14.7. The molecule has 0 aliphatic heterocycles. The summed E-state index contributed by atoms with van der Waals surface area (Å²) in [6.45, 7) is 7.75. The van der Waals surface area contributed by atoms with E-state index in [9.17, 15) is 13.2 Å². The maximum absolute atomic E-state index is 13.2. The van der Waals surface area contributed by atoms with E-state index in [4.69, 9.17) is 0 Å². The van der Waals surface area contributed by atoms with Crippen LogP contribution in [0.25, 0.3) is 0 Å². The molecule has 0 radical (unpaired) electrons. The molecule has 0 spiro atoms. The molecule has 0 bridgehead atoms. The van der Waals surface area contributed by atoms with E-state index in [-0.39, 0.29) is 11.3 Å². The van der Waals surface area contributed by atoms with Crippen molar-refractivity contribution in [3.05, 3.63) is 94.5 Å². The maximum Gasteiger partial charge on any atom is 0.242 e. The molecule has 31 heavy (non-hydrogen) atoms. The van der Waals surface area contributed by atoms with Crippen LogP contribution in [0.15, 0.2) is 71.6 Å². The van der Waals surface area contributed by atoms with Gasteiger partial charge in [0.05, 0.1) is 4.90 Å². The fourth-order valence-corrected chi connectivity index (χ4v) is 4.79. The number of hydrogen-bond acceptors (Lipinski definition) is 3. The Balaban J connectivity index is 1.91. The zero-order valence-corrected chi connectivity index (χ0v) is 19.1. The third kappa shape index (κ3) is 5.81. The van der Waals surface area contributed by atoms with Crippen molar-refractivity contribution in [3.8, 4) is 0 Å². The van der Waals surface area contributed by atoms with E-state index in [1.165, 1.54) is 0 Å². The molecule has 0 fully saturated rings. The molecule has 6 heteroatoms. The van der Waals surface area contributed by atoms with Crippen LogP contribution in [0, 0.1) is 27.7 Å². The molecule has 5 nitrogen and oxygen atoms in total. The summed E-state index contributed by atoms with van der Waals surface area (Å²) < 4.78 is 28.6. The number of rotatable bonds is 7. The van der Waals surface area contributed by atoms with Gasteiger partial charge in [-0.3, -0.25) is 4.79 Å². The molecule has 2 N–H and O–H groups in total. The van der Waals surface area contributed by atoms with E-state index >= 15 is 0 Å². The van der Waals surface area contributed by atoms with Crippen molar-refractivity contribution in [2.24, 2.45) is 0 Å². The highest BCUT2D eigenvalue weighted by Crippen LogP contribution is 2.22. The zero-order chi connectivity index (χ0) is 22.6. The van der Waals surface area contributed by atoms with Crippen molar-refractivity contribution in [1.29, 1.82) is 0 Å². The van der Waals surface area contributed by atoms with Crippen LogP contribution in [0.4, 0.5) is 5.69 Å². The summed E-state index contributed by atoms with van der Waals surface area (Å²) in [5, 5.41) is 2.94. The van der Waals surface area contributed by atoms with Crippen LogP contribution in [-0.4, -0.2) is 20.4 Å². The smallest absolute Gasteiger partial charge is 0.242 e. The van der Waals surface area contributed by atoms with Crippen molar-refractivity contribution in [2.75, 3.05) is 5.32 Å². The summed E-state index contributed by atoms with van der Waals surface area (Å²) in [4.78, 5) is 13.4. The first-order valence-corrected chi connectivity index (χ1v) is 11.7. The van der Waals surface area contributed by atoms with Gasteiger partial charge in [0.2, 0.25) is 15.9 Å². The maximum atomic E-state index is 13.2. The molecule has 0 aromatic heterocycles. The second-order valence-electron chi connectivity index (χ2n) is 7.94. The third-order valence-corrected chi connectivity index (χ3v) is 6.64. The number of anilines is 1. The molecule has 0 aliphatic carbocycles. The number of carbonyl (C=O) groups is 1. The van der Waals surface area contributed by atoms with E-state index in [2.05, 4.69) is 10.0 Å². The number of nitrogens with one attached hydrogen (secondary N) is 2. The van der Waals surface area contributed by atoms with Gasteiger partial charge in [0.1, 0.15) is 6.04 Å². The number of hydrogen-bond donors (Lipinski definition) is 2. The van der Waals surface area contributed by atoms with Gasteiger partial charge in [0.15, 0.2) is 0 Å². The van der Waals surface area contributed by atoms with Crippen LogP contribution in [0.2, 0.25) is 0 Å². The summed E-state index contributed by atoms with van der Waals surface area (Å²) in [7, 11) is -3.87. The van der Waals surface area contributed by atoms with Crippen molar-refractivity contribution >= 4 is 21.6 Å². The summed E-state index contributed by atoms with van der Waals surface area (Å²) >= 11 is 0. The Morgan fingerprint density at radius 2 is 1.42 bits per heavy atom. The van der Waals surface area contributed by atoms with Gasteiger partial charge in [-0.1, -0.05) is 65.7 Å². The molecule has 0 heterocycles. The van der Waals surface area contributed by atoms with Gasteiger partial charge in [-0.2, -0.15) is 4.72 Å². The van der Waals surface area contributed by atoms with Gasteiger partial charge in [-0.05, 0) is 62.9 Å². The second-order valence-corrected chi connectivity index (χ2v) is 9.65. The minimum absolute atomic E-state index is 0.131. The van der Waals surface area contributed by atoms with Crippen LogP contribution in [-0.2, 0) is 21.2 Å². The lowest BCUT2D eigenvalue weighted by Crippen LogP contribution is -2.45. The quantitative estimate of drug-likeness (QED) is 0.575. The Bertz CT molecular complexity index is 1150. The van der Waals surface area contributed by atoms with Crippen LogP contribution >= 0.6 is 0 Å². The van der Waals surface area contributed by atoms with Crippen molar-refractivity contribution < 1.29 is 13.2 Å². The Morgan fingerprint density at radius 1 is 0.839 bits per heavy atom. The Labute approximate surface area is 184 Å². The average Bonchev–Trinajstić information content (AvgIpc) is 2.71. The predicted molar refractivity (Wildman–Crippen MR) is 125 cm³/mol. The van der Waals surface area contributed by atoms with Gasteiger partial charge < -0.3 is 5.32 Å². The number of sulfonamides is 1. The Hall–Kier alpha value is -2.96. The highest BCUT2D eigenvalue weighted by Gasteiger charge is 2.27. The average molecular weight is 437 g/mol. The molecule has 0 aliphatic rings. The van der Waals surface area contributed by atoms with Gasteiger partial charge in [-0.15, -0.1) is 0 Å². The molecular formula is C25H28N2O3S. The lowest BCUT2D eigenvalue weighted by molar-refractivity contribution is -0.117. The van der Waals surface area contributed by atoms with Crippen LogP contribution in [0.5, 0.6) is 0 Å². The van der Waals surface area contributed by atoms with Crippen molar-refractivity contribution in [2.45, 2.75) is 45.1 Å². The normalized spacial score (nSPS) is 12.4.